The molecule has 1 saturated heterocycles. The molecule has 0 amide bonds. The Hall–Kier alpha value is -1.65. The van der Waals surface area contributed by atoms with Crippen LogP contribution in [-0.4, -0.2) is 24.1 Å². The number of hydrogen-bond acceptors (Lipinski definition) is 4. The third-order valence-electron chi connectivity index (χ3n) is 4.62. The molecule has 0 saturated carbocycles. The number of fused-ring (bicyclic) bond motifs is 3. The van der Waals surface area contributed by atoms with E-state index >= 15 is 0 Å². The van der Waals surface area contributed by atoms with E-state index in [9.17, 15) is 4.79 Å². The molecule has 1 aromatic rings. The summed E-state index contributed by atoms with van der Waals surface area (Å²) in [6, 6.07) is 7.75. The van der Waals surface area contributed by atoms with Gasteiger partial charge in [-0.05, 0) is 33.6 Å². The fourth-order valence-corrected chi connectivity index (χ4v) is 3.50. The molecule has 1 aliphatic carbocycles. The molecule has 1 fully saturated rings. The minimum atomic E-state index is -1.28. The Morgan fingerprint density at radius 1 is 1.23 bits per heavy atom. The minimum absolute atomic E-state index is 0.0962. The zero-order chi connectivity index (χ0) is 15.5. The van der Waals surface area contributed by atoms with Crippen LogP contribution in [-0.2, 0) is 24.8 Å². The van der Waals surface area contributed by atoms with Gasteiger partial charge in [0.15, 0.2) is 0 Å². The Bertz CT molecular complexity index is 688. The molecule has 0 aromatic heterocycles. The first kappa shape index (κ1) is 14.0. The van der Waals surface area contributed by atoms with Gasteiger partial charge in [0.1, 0.15) is 11.4 Å². The van der Waals surface area contributed by atoms with Gasteiger partial charge >= 0.3 is 0 Å². The fourth-order valence-electron chi connectivity index (χ4n) is 3.50. The maximum absolute atomic E-state index is 13.1. The van der Waals surface area contributed by atoms with Gasteiger partial charge in [-0.3, -0.25) is 4.79 Å². The van der Waals surface area contributed by atoms with E-state index in [0.29, 0.717) is 24.4 Å². The van der Waals surface area contributed by atoms with Gasteiger partial charge in [-0.15, -0.1) is 0 Å². The molecule has 4 heteroatoms. The molecule has 2 heterocycles. The Labute approximate surface area is 130 Å². The second-order valence-corrected chi connectivity index (χ2v) is 6.90. The number of hydrogen-bond donors (Lipinski definition) is 0. The summed E-state index contributed by atoms with van der Waals surface area (Å²) < 4.78 is 18.0. The number of Topliss-reactive ketones (excluding diaryl/α,β-unsaturated/α-hetero) is 1. The molecule has 4 rings (SSSR count). The summed E-state index contributed by atoms with van der Waals surface area (Å²) in [6.07, 6.45) is 1.41. The van der Waals surface area contributed by atoms with E-state index in [2.05, 4.69) is 13.8 Å². The topological polar surface area (TPSA) is 44.8 Å². The maximum Gasteiger partial charge on any atom is 0.262 e. The molecule has 0 bridgehead atoms. The number of carbonyl (C=O) groups excluding carboxylic acids is 1. The molecular weight excluding hydrogens is 280 g/mol. The van der Waals surface area contributed by atoms with Gasteiger partial charge in [-0.25, -0.2) is 0 Å². The van der Waals surface area contributed by atoms with E-state index in [0.717, 1.165) is 17.5 Å². The van der Waals surface area contributed by atoms with Crippen molar-refractivity contribution in [3.63, 3.8) is 0 Å². The van der Waals surface area contributed by atoms with E-state index in [1.165, 1.54) is 0 Å². The lowest BCUT2D eigenvalue weighted by molar-refractivity contribution is -0.187. The molecule has 0 N–H and O–H groups in total. The van der Waals surface area contributed by atoms with Crippen LogP contribution < -0.4 is 0 Å². The van der Waals surface area contributed by atoms with E-state index in [-0.39, 0.29) is 17.5 Å². The standard InChI is InChI=1S/C18H20O4/c1-11-10-20-18(21-11)14-7-5-4-6-12(14)15-13(16(18)19)8-9-17(2,3)22-15/h4-7,11H,8-10H2,1-3H3. The summed E-state index contributed by atoms with van der Waals surface area (Å²) in [5.74, 6) is -0.671. The Morgan fingerprint density at radius 3 is 2.73 bits per heavy atom. The third-order valence-corrected chi connectivity index (χ3v) is 4.62. The second kappa shape index (κ2) is 4.43. The van der Waals surface area contributed by atoms with Crippen molar-refractivity contribution in [3.05, 3.63) is 41.0 Å². The number of carbonyl (C=O) groups is 1. The largest absolute Gasteiger partial charge is 0.487 e. The monoisotopic (exact) mass is 300 g/mol. The summed E-state index contributed by atoms with van der Waals surface area (Å²) in [6.45, 7) is 6.46. The molecule has 0 radical (unpaired) electrons. The summed E-state index contributed by atoms with van der Waals surface area (Å²) in [7, 11) is 0. The molecule has 1 aromatic carbocycles. The van der Waals surface area contributed by atoms with Gasteiger partial charge < -0.3 is 14.2 Å². The average Bonchev–Trinajstić information content (AvgIpc) is 2.88. The molecule has 2 unspecified atom stereocenters. The van der Waals surface area contributed by atoms with Crippen LogP contribution in [0.3, 0.4) is 0 Å². The van der Waals surface area contributed by atoms with Crippen molar-refractivity contribution >= 4 is 11.5 Å². The molecule has 4 nitrogen and oxygen atoms in total. The van der Waals surface area contributed by atoms with Crippen molar-refractivity contribution in [1.29, 1.82) is 0 Å². The number of rotatable bonds is 0. The highest BCUT2D eigenvalue weighted by molar-refractivity contribution is 6.10. The quantitative estimate of drug-likeness (QED) is 0.738. The minimum Gasteiger partial charge on any atom is -0.487 e. The van der Waals surface area contributed by atoms with Crippen molar-refractivity contribution < 1.29 is 19.0 Å². The van der Waals surface area contributed by atoms with Crippen molar-refractivity contribution in [2.45, 2.75) is 51.1 Å². The van der Waals surface area contributed by atoms with Crippen LogP contribution >= 0.6 is 0 Å². The van der Waals surface area contributed by atoms with Gasteiger partial charge in [0, 0.05) is 16.7 Å². The molecule has 116 valence electrons. The number of ether oxygens (including phenoxy) is 3. The van der Waals surface area contributed by atoms with E-state index in [4.69, 9.17) is 14.2 Å². The van der Waals surface area contributed by atoms with Crippen LogP contribution in [0.15, 0.2) is 29.8 Å². The maximum atomic E-state index is 13.1. The van der Waals surface area contributed by atoms with Gasteiger partial charge in [0.05, 0.1) is 12.7 Å². The highest BCUT2D eigenvalue weighted by Gasteiger charge is 2.55. The highest BCUT2D eigenvalue weighted by Crippen LogP contribution is 2.49. The Kier molecular flexibility index (Phi) is 2.81. The van der Waals surface area contributed by atoms with E-state index < -0.39 is 5.79 Å². The molecule has 1 spiro atoms. The number of benzene rings is 1. The first-order valence-corrected chi connectivity index (χ1v) is 7.82. The molecule has 2 aliphatic heterocycles. The van der Waals surface area contributed by atoms with Crippen molar-refractivity contribution in [2.24, 2.45) is 0 Å². The molecular formula is C18H20O4. The normalized spacial score (nSPS) is 32.7. The van der Waals surface area contributed by atoms with Crippen LogP contribution in [0, 0.1) is 0 Å². The average molecular weight is 300 g/mol. The zero-order valence-corrected chi connectivity index (χ0v) is 13.1. The van der Waals surface area contributed by atoms with Crippen LogP contribution in [0.25, 0.3) is 5.76 Å². The summed E-state index contributed by atoms with van der Waals surface area (Å²) >= 11 is 0. The SMILES string of the molecule is CC1COC2(O1)C(=O)C1=C(OC(C)(C)CC1)c1ccccc12. The third kappa shape index (κ3) is 1.80. The molecule has 2 atom stereocenters. The van der Waals surface area contributed by atoms with E-state index in [1.54, 1.807) is 0 Å². The van der Waals surface area contributed by atoms with Gasteiger partial charge in [0.2, 0.25) is 5.78 Å². The summed E-state index contributed by atoms with van der Waals surface area (Å²) in [5, 5.41) is 0. The zero-order valence-electron chi connectivity index (χ0n) is 13.1. The fraction of sp³-hybridized carbons (Fsp3) is 0.500. The van der Waals surface area contributed by atoms with Crippen LogP contribution in [0.2, 0.25) is 0 Å². The van der Waals surface area contributed by atoms with Crippen LogP contribution in [0.4, 0.5) is 0 Å². The van der Waals surface area contributed by atoms with E-state index in [1.807, 2.05) is 31.2 Å². The lowest BCUT2D eigenvalue weighted by Crippen LogP contribution is -2.44. The molecule has 22 heavy (non-hydrogen) atoms. The Morgan fingerprint density at radius 2 is 2.00 bits per heavy atom. The predicted octanol–water partition coefficient (Wildman–Crippen LogP) is 3.16. The highest BCUT2D eigenvalue weighted by atomic mass is 16.7. The number of ketones is 1. The predicted molar refractivity (Wildman–Crippen MR) is 80.9 cm³/mol. The van der Waals surface area contributed by atoms with Gasteiger partial charge in [-0.2, -0.15) is 0 Å². The first-order chi connectivity index (χ1) is 10.4. The van der Waals surface area contributed by atoms with Gasteiger partial charge in [-0.1, -0.05) is 24.3 Å². The second-order valence-electron chi connectivity index (χ2n) is 6.90. The van der Waals surface area contributed by atoms with Crippen molar-refractivity contribution in [3.8, 4) is 0 Å². The summed E-state index contributed by atoms with van der Waals surface area (Å²) in [4.78, 5) is 13.1. The Balaban J connectivity index is 1.93. The summed E-state index contributed by atoms with van der Waals surface area (Å²) in [5.41, 5.74) is 2.12. The van der Waals surface area contributed by atoms with Crippen molar-refractivity contribution in [1.82, 2.24) is 0 Å². The molecule has 3 aliphatic rings. The smallest absolute Gasteiger partial charge is 0.262 e. The lowest BCUT2D eigenvalue weighted by atomic mass is 9.79. The van der Waals surface area contributed by atoms with Crippen LogP contribution in [0.1, 0.15) is 44.7 Å². The van der Waals surface area contributed by atoms with Crippen molar-refractivity contribution in [2.75, 3.05) is 6.61 Å². The van der Waals surface area contributed by atoms with Gasteiger partial charge in [0.25, 0.3) is 5.79 Å². The van der Waals surface area contributed by atoms with Crippen LogP contribution in [0.5, 0.6) is 0 Å². The first-order valence-electron chi connectivity index (χ1n) is 7.82. The lowest BCUT2D eigenvalue weighted by Gasteiger charge is -2.41.